The maximum absolute atomic E-state index is 11.7. The molecule has 0 fully saturated rings. The Labute approximate surface area is 108 Å². The van der Waals surface area contributed by atoms with Gasteiger partial charge in [-0.3, -0.25) is 4.79 Å². The van der Waals surface area contributed by atoms with Crippen LogP contribution in [0.1, 0.15) is 33.6 Å². The Balaban J connectivity index is 4.28. The second kappa shape index (κ2) is 8.88. The number of hydrogen-bond acceptors (Lipinski definition) is 4. The van der Waals surface area contributed by atoms with Gasteiger partial charge in [0.1, 0.15) is 6.04 Å². The van der Waals surface area contributed by atoms with E-state index in [2.05, 4.69) is 5.32 Å². The van der Waals surface area contributed by atoms with E-state index in [-0.39, 0.29) is 30.9 Å². The number of nitrogens with one attached hydrogen (secondary N) is 1. The lowest BCUT2D eigenvalue weighted by Crippen LogP contribution is -2.43. The molecule has 1 amide bonds. The van der Waals surface area contributed by atoms with Crippen LogP contribution in [0.4, 0.5) is 0 Å². The summed E-state index contributed by atoms with van der Waals surface area (Å²) in [6.07, 6.45) is 0.137. The molecule has 0 saturated carbocycles. The highest BCUT2D eigenvalue weighted by molar-refractivity contribution is 5.83. The lowest BCUT2D eigenvalue weighted by molar-refractivity contribution is -0.142. The molecule has 2 atom stereocenters. The predicted molar refractivity (Wildman–Crippen MR) is 68.1 cm³/mol. The average Bonchev–Trinajstić information content (AvgIpc) is 2.26. The van der Waals surface area contributed by atoms with Crippen LogP contribution in [-0.2, 0) is 14.3 Å². The zero-order chi connectivity index (χ0) is 14.1. The Morgan fingerprint density at radius 1 is 1.39 bits per heavy atom. The Morgan fingerprint density at radius 2 is 2.00 bits per heavy atom. The van der Waals surface area contributed by atoms with Crippen molar-refractivity contribution in [2.24, 2.45) is 11.7 Å². The summed E-state index contributed by atoms with van der Waals surface area (Å²) in [5, 5.41) is 11.5. The molecule has 0 heterocycles. The van der Waals surface area contributed by atoms with Gasteiger partial charge in [0.15, 0.2) is 0 Å². The molecule has 0 rings (SSSR count). The Kier molecular flexibility index (Phi) is 8.32. The smallest absolute Gasteiger partial charge is 0.326 e. The summed E-state index contributed by atoms with van der Waals surface area (Å²) >= 11 is 0. The largest absolute Gasteiger partial charge is 0.480 e. The molecule has 0 saturated heterocycles. The third kappa shape index (κ3) is 7.24. The summed E-state index contributed by atoms with van der Waals surface area (Å²) in [5.74, 6) is -1.16. The minimum Gasteiger partial charge on any atom is -0.480 e. The third-order valence-electron chi connectivity index (χ3n) is 2.42. The molecule has 0 aromatic rings. The minimum atomic E-state index is -1.02. The first-order valence-electron chi connectivity index (χ1n) is 6.24. The molecule has 6 heteroatoms. The number of nitrogens with two attached hydrogens (primary N) is 1. The van der Waals surface area contributed by atoms with Gasteiger partial charge in [-0.1, -0.05) is 13.8 Å². The van der Waals surface area contributed by atoms with Crippen molar-refractivity contribution < 1.29 is 19.4 Å². The summed E-state index contributed by atoms with van der Waals surface area (Å²) in [6.45, 7) is 6.35. The van der Waals surface area contributed by atoms with E-state index < -0.39 is 12.0 Å². The maximum Gasteiger partial charge on any atom is 0.326 e. The number of amides is 1. The molecule has 4 N–H and O–H groups in total. The van der Waals surface area contributed by atoms with Crippen molar-refractivity contribution in [3.05, 3.63) is 0 Å². The monoisotopic (exact) mass is 260 g/mol. The standard InChI is InChI=1S/C12H24N2O4/c1-4-18-9(7-13)6-11(15)14-10(12(16)17)5-8(2)3/h8-10H,4-7,13H2,1-3H3,(H,14,15)(H,16,17)/t9?,10-/m0/s1. The first-order chi connectivity index (χ1) is 8.40. The summed E-state index contributed by atoms with van der Waals surface area (Å²) in [7, 11) is 0. The fraction of sp³-hybridized carbons (Fsp3) is 0.833. The van der Waals surface area contributed by atoms with Gasteiger partial charge in [-0.05, 0) is 19.3 Å². The van der Waals surface area contributed by atoms with Gasteiger partial charge in [-0.25, -0.2) is 4.79 Å². The van der Waals surface area contributed by atoms with Crippen LogP contribution in [0.15, 0.2) is 0 Å². The van der Waals surface area contributed by atoms with Crippen molar-refractivity contribution in [1.82, 2.24) is 5.32 Å². The van der Waals surface area contributed by atoms with Gasteiger partial charge in [0, 0.05) is 13.2 Å². The minimum absolute atomic E-state index is 0.0895. The van der Waals surface area contributed by atoms with Crippen LogP contribution in [0.25, 0.3) is 0 Å². The molecular weight excluding hydrogens is 236 g/mol. The first-order valence-corrected chi connectivity index (χ1v) is 6.24. The number of carbonyl (C=O) groups is 2. The summed E-state index contributed by atoms with van der Waals surface area (Å²) in [5.41, 5.74) is 5.46. The van der Waals surface area contributed by atoms with Gasteiger partial charge in [0.25, 0.3) is 0 Å². The molecule has 0 aliphatic rings. The van der Waals surface area contributed by atoms with Crippen LogP contribution >= 0.6 is 0 Å². The number of ether oxygens (including phenoxy) is 1. The van der Waals surface area contributed by atoms with E-state index in [4.69, 9.17) is 15.6 Å². The molecule has 1 unspecified atom stereocenters. The molecule has 0 radical (unpaired) electrons. The van der Waals surface area contributed by atoms with Crippen LogP contribution in [0, 0.1) is 5.92 Å². The zero-order valence-corrected chi connectivity index (χ0v) is 11.3. The Bertz CT molecular complexity index is 269. The number of rotatable bonds is 9. The maximum atomic E-state index is 11.7. The van der Waals surface area contributed by atoms with Gasteiger partial charge in [-0.15, -0.1) is 0 Å². The Hall–Kier alpha value is -1.14. The van der Waals surface area contributed by atoms with Crippen LogP contribution in [0.5, 0.6) is 0 Å². The number of aliphatic carboxylic acids is 1. The van der Waals surface area contributed by atoms with Gasteiger partial charge in [0.2, 0.25) is 5.91 Å². The van der Waals surface area contributed by atoms with Gasteiger partial charge in [0.05, 0.1) is 12.5 Å². The van der Waals surface area contributed by atoms with E-state index in [9.17, 15) is 9.59 Å². The molecular formula is C12H24N2O4. The normalized spacial score (nSPS) is 14.3. The SMILES string of the molecule is CCOC(CN)CC(=O)N[C@@H](CC(C)C)C(=O)O. The zero-order valence-electron chi connectivity index (χ0n) is 11.3. The fourth-order valence-electron chi connectivity index (χ4n) is 1.60. The molecule has 0 aliphatic carbocycles. The van der Waals surface area contributed by atoms with Crippen LogP contribution in [0.2, 0.25) is 0 Å². The number of hydrogen-bond donors (Lipinski definition) is 3. The highest BCUT2D eigenvalue weighted by Crippen LogP contribution is 2.06. The average molecular weight is 260 g/mol. The van der Waals surface area contributed by atoms with Crippen molar-refractivity contribution in [3.63, 3.8) is 0 Å². The van der Waals surface area contributed by atoms with Crippen molar-refractivity contribution >= 4 is 11.9 Å². The number of carboxylic acids is 1. The van der Waals surface area contributed by atoms with E-state index in [1.54, 1.807) is 0 Å². The van der Waals surface area contributed by atoms with Gasteiger partial charge in [-0.2, -0.15) is 0 Å². The number of carbonyl (C=O) groups excluding carboxylic acids is 1. The quantitative estimate of drug-likeness (QED) is 0.555. The molecule has 0 spiro atoms. The fourth-order valence-corrected chi connectivity index (χ4v) is 1.60. The Morgan fingerprint density at radius 3 is 2.39 bits per heavy atom. The highest BCUT2D eigenvalue weighted by Gasteiger charge is 2.22. The summed E-state index contributed by atoms with van der Waals surface area (Å²) in [4.78, 5) is 22.7. The predicted octanol–water partition coefficient (Wildman–Crippen LogP) is 0.356. The molecule has 0 aromatic carbocycles. The molecule has 0 aromatic heterocycles. The molecule has 18 heavy (non-hydrogen) atoms. The van der Waals surface area contributed by atoms with E-state index in [0.717, 1.165) is 0 Å². The van der Waals surface area contributed by atoms with Crippen molar-refractivity contribution in [2.75, 3.05) is 13.2 Å². The molecule has 6 nitrogen and oxygen atoms in total. The summed E-state index contributed by atoms with van der Waals surface area (Å²) < 4.78 is 5.25. The van der Waals surface area contributed by atoms with Crippen molar-refractivity contribution in [2.45, 2.75) is 45.8 Å². The third-order valence-corrected chi connectivity index (χ3v) is 2.42. The lowest BCUT2D eigenvalue weighted by Gasteiger charge is -2.19. The molecule has 0 aliphatic heterocycles. The van der Waals surface area contributed by atoms with E-state index in [0.29, 0.717) is 13.0 Å². The summed E-state index contributed by atoms with van der Waals surface area (Å²) in [6, 6.07) is -0.849. The lowest BCUT2D eigenvalue weighted by atomic mass is 10.0. The van der Waals surface area contributed by atoms with Crippen LogP contribution in [0.3, 0.4) is 0 Å². The van der Waals surface area contributed by atoms with Crippen molar-refractivity contribution in [3.8, 4) is 0 Å². The molecule has 0 bridgehead atoms. The number of carboxylic acid groups (broad SMARTS) is 1. The van der Waals surface area contributed by atoms with Crippen LogP contribution < -0.4 is 11.1 Å². The highest BCUT2D eigenvalue weighted by atomic mass is 16.5. The van der Waals surface area contributed by atoms with Gasteiger partial charge >= 0.3 is 5.97 Å². The molecule has 106 valence electrons. The first kappa shape index (κ1) is 16.9. The second-order valence-electron chi connectivity index (χ2n) is 4.61. The topological polar surface area (TPSA) is 102 Å². The van der Waals surface area contributed by atoms with Gasteiger partial charge < -0.3 is 20.9 Å². The van der Waals surface area contributed by atoms with E-state index >= 15 is 0 Å². The van der Waals surface area contributed by atoms with E-state index in [1.165, 1.54) is 0 Å². The van der Waals surface area contributed by atoms with Crippen molar-refractivity contribution in [1.29, 1.82) is 0 Å². The second-order valence-corrected chi connectivity index (χ2v) is 4.61. The van der Waals surface area contributed by atoms with E-state index in [1.807, 2.05) is 20.8 Å². The van der Waals surface area contributed by atoms with Crippen LogP contribution in [-0.4, -0.2) is 42.3 Å².